The number of esters is 2. The fourth-order valence-electron chi connectivity index (χ4n) is 5.68. The van der Waals surface area contributed by atoms with Crippen LogP contribution in [-0.2, 0) is 19.1 Å². The second-order valence-electron chi connectivity index (χ2n) is 9.28. The highest BCUT2D eigenvalue weighted by Gasteiger charge is 2.46. The minimum Gasteiger partial charge on any atom is -0.462 e. The van der Waals surface area contributed by atoms with E-state index in [1.807, 2.05) is 0 Å². The van der Waals surface area contributed by atoms with E-state index in [2.05, 4.69) is 13.2 Å². The van der Waals surface area contributed by atoms with Crippen LogP contribution in [0.3, 0.4) is 0 Å². The van der Waals surface area contributed by atoms with Crippen molar-refractivity contribution >= 4 is 11.9 Å². The van der Waals surface area contributed by atoms with Gasteiger partial charge in [-0.25, -0.2) is 9.59 Å². The summed E-state index contributed by atoms with van der Waals surface area (Å²) in [5.74, 6) is 0.00194. The van der Waals surface area contributed by atoms with Crippen molar-refractivity contribution in [3.05, 3.63) is 25.3 Å². The van der Waals surface area contributed by atoms with E-state index in [1.54, 1.807) is 0 Å². The molecule has 2 atom stereocenters. The first kappa shape index (κ1) is 24.7. The topological polar surface area (TPSA) is 52.6 Å². The van der Waals surface area contributed by atoms with Crippen molar-refractivity contribution in [1.82, 2.24) is 0 Å². The van der Waals surface area contributed by atoms with Crippen LogP contribution in [0.2, 0.25) is 0 Å². The fourth-order valence-corrected chi connectivity index (χ4v) is 5.68. The smallest absolute Gasteiger partial charge is 0.330 e. The predicted octanol–water partition coefficient (Wildman–Crippen LogP) is 6.54. The zero-order chi connectivity index (χ0) is 21.7. The summed E-state index contributed by atoms with van der Waals surface area (Å²) in [5.41, 5.74) is -0.130. The maximum absolute atomic E-state index is 12.1. The Hall–Kier alpha value is -1.58. The molecule has 2 unspecified atom stereocenters. The molecule has 0 radical (unpaired) electrons. The van der Waals surface area contributed by atoms with Crippen LogP contribution in [-0.4, -0.2) is 25.2 Å². The molecule has 0 bridgehead atoms. The van der Waals surface area contributed by atoms with Crippen molar-refractivity contribution in [1.29, 1.82) is 0 Å². The molecular formula is C26H42O4. The van der Waals surface area contributed by atoms with Crippen molar-refractivity contribution in [3.8, 4) is 0 Å². The zero-order valence-corrected chi connectivity index (χ0v) is 18.9. The lowest BCUT2D eigenvalue weighted by molar-refractivity contribution is -0.152. The Balaban J connectivity index is 2.35. The summed E-state index contributed by atoms with van der Waals surface area (Å²) in [6.45, 7) is 7.94. The third kappa shape index (κ3) is 7.59. The molecule has 0 aromatic rings. The number of hydrogen-bond acceptors (Lipinski definition) is 4. The van der Waals surface area contributed by atoms with Gasteiger partial charge < -0.3 is 9.47 Å². The predicted molar refractivity (Wildman–Crippen MR) is 121 cm³/mol. The molecule has 2 rings (SSSR count). The minimum absolute atomic E-state index is 0.130. The lowest BCUT2D eigenvalue weighted by atomic mass is 9.60. The van der Waals surface area contributed by atoms with Crippen LogP contribution >= 0.6 is 0 Å². The van der Waals surface area contributed by atoms with Crippen LogP contribution in [0.15, 0.2) is 25.3 Å². The molecule has 2 aliphatic carbocycles. The van der Waals surface area contributed by atoms with Crippen molar-refractivity contribution in [2.45, 2.75) is 96.3 Å². The molecule has 0 N–H and O–H groups in total. The summed E-state index contributed by atoms with van der Waals surface area (Å²) in [4.78, 5) is 23.9. The Morgan fingerprint density at radius 3 is 1.83 bits per heavy atom. The van der Waals surface area contributed by atoms with Crippen molar-refractivity contribution in [2.24, 2.45) is 17.3 Å². The molecule has 170 valence electrons. The minimum atomic E-state index is -0.360. The second kappa shape index (κ2) is 13.7. The van der Waals surface area contributed by atoms with Crippen LogP contribution in [0.4, 0.5) is 0 Å². The van der Waals surface area contributed by atoms with Gasteiger partial charge in [0.05, 0.1) is 13.2 Å². The van der Waals surface area contributed by atoms with E-state index in [0.717, 1.165) is 25.7 Å². The first-order valence-corrected chi connectivity index (χ1v) is 12.2. The van der Waals surface area contributed by atoms with Crippen LogP contribution in [0.5, 0.6) is 0 Å². The molecule has 2 aliphatic rings. The van der Waals surface area contributed by atoms with Gasteiger partial charge in [-0.15, -0.1) is 0 Å². The number of carbonyl (C=O) groups excluding carboxylic acids is 2. The first-order valence-electron chi connectivity index (χ1n) is 12.2. The van der Waals surface area contributed by atoms with Gasteiger partial charge in [0.1, 0.15) is 0 Å². The maximum atomic E-state index is 12.1. The molecule has 4 heteroatoms. The van der Waals surface area contributed by atoms with Gasteiger partial charge in [-0.1, -0.05) is 83.8 Å². The first-order chi connectivity index (χ1) is 14.6. The molecule has 0 spiro atoms. The van der Waals surface area contributed by atoms with Gasteiger partial charge in [0.15, 0.2) is 0 Å². The highest BCUT2D eigenvalue weighted by atomic mass is 16.5. The third-order valence-electron chi connectivity index (χ3n) is 7.42. The fraction of sp³-hybridized carbons (Fsp3) is 0.769. The van der Waals surface area contributed by atoms with E-state index in [4.69, 9.17) is 9.47 Å². The third-order valence-corrected chi connectivity index (χ3v) is 7.42. The zero-order valence-electron chi connectivity index (χ0n) is 18.9. The Labute approximate surface area is 183 Å². The summed E-state index contributed by atoms with van der Waals surface area (Å²) in [6.07, 6.45) is 20.6. The molecule has 0 amide bonds. The van der Waals surface area contributed by atoms with Gasteiger partial charge in [0.2, 0.25) is 0 Å². The number of carbonyl (C=O) groups is 2. The normalized spacial score (nSPS) is 27.1. The Morgan fingerprint density at radius 2 is 1.23 bits per heavy atom. The number of ether oxygens (including phenoxy) is 2. The van der Waals surface area contributed by atoms with E-state index in [1.165, 1.54) is 82.8 Å². The highest BCUT2D eigenvalue weighted by Crippen LogP contribution is 2.49. The van der Waals surface area contributed by atoms with Crippen LogP contribution in [0, 0.1) is 17.3 Å². The molecular weight excluding hydrogens is 376 g/mol. The largest absolute Gasteiger partial charge is 0.462 e. The summed E-state index contributed by atoms with van der Waals surface area (Å²) in [6, 6.07) is 0. The van der Waals surface area contributed by atoms with Crippen molar-refractivity contribution in [3.63, 3.8) is 0 Å². The Kier molecular flexibility index (Phi) is 11.2. The molecule has 2 saturated carbocycles. The summed E-state index contributed by atoms with van der Waals surface area (Å²) in [5, 5.41) is 0. The van der Waals surface area contributed by atoms with Gasteiger partial charge in [0, 0.05) is 23.5 Å². The van der Waals surface area contributed by atoms with E-state index in [-0.39, 0.29) is 23.3 Å². The average Bonchev–Trinajstić information content (AvgIpc) is 2.97. The number of rotatable bonds is 7. The molecule has 0 aromatic heterocycles. The van der Waals surface area contributed by atoms with Crippen molar-refractivity contribution < 1.29 is 19.1 Å². The van der Waals surface area contributed by atoms with E-state index >= 15 is 0 Å². The molecule has 2 fully saturated rings. The molecule has 0 saturated heterocycles. The van der Waals surface area contributed by atoms with Crippen LogP contribution in [0.1, 0.15) is 96.3 Å². The lowest BCUT2D eigenvalue weighted by Crippen LogP contribution is -2.45. The van der Waals surface area contributed by atoms with Gasteiger partial charge in [-0.3, -0.25) is 0 Å². The second-order valence-corrected chi connectivity index (χ2v) is 9.28. The Bertz CT molecular complexity index is 545. The molecule has 0 heterocycles. The molecule has 0 aliphatic heterocycles. The standard InChI is InChI=1S/C26H42O4/c1-3-24(27)29-20-23-18-14-10-7-11-15-19-26(23,21-30-25(28)4-2)22-16-12-8-5-6-9-13-17-22/h3-4,22-23H,1-2,5-21H2. The summed E-state index contributed by atoms with van der Waals surface area (Å²) >= 11 is 0. The van der Waals surface area contributed by atoms with Crippen molar-refractivity contribution in [2.75, 3.05) is 13.2 Å². The number of hydrogen-bond donors (Lipinski definition) is 0. The van der Waals surface area contributed by atoms with Crippen LogP contribution in [0.25, 0.3) is 0 Å². The lowest BCUT2D eigenvalue weighted by Gasteiger charge is -2.46. The van der Waals surface area contributed by atoms with Gasteiger partial charge >= 0.3 is 11.9 Å². The highest BCUT2D eigenvalue weighted by molar-refractivity contribution is 5.81. The van der Waals surface area contributed by atoms with E-state index in [0.29, 0.717) is 19.1 Å². The maximum Gasteiger partial charge on any atom is 0.330 e. The average molecular weight is 419 g/mol. The van der Waals surface area contributed by atoms with Gasteiger partial charge in [-0.05, 0) is 31.6 Å². The summed E-state index contributed by atoms with van der Waals surface area (Å²) in [7, 11) is 0. The SMILES string of the molecule is C=CC(=O)OCC1CCCCCCCC1(COC(=O)C=C)C1CCCCCCCC1. The van der Waals surface area contributed by atoms with Gasteiger partial charge in [0.25, 0.3) is 0 Å². The quantitative estimate of drug-likeness (QED) is 0.348. The van der Waals surface area contributed by atoms with E-state index in [9.17, 15) is 9.59 Å². The summed E-state index contributed by atoms with van der Waals surface area (Å²) < 4.78 is 11.4. The molecule has 30 heavy (non-hydrogen) atoms. The molecule has 4 nitrogen and oxygen atoms in total. The monoisotopic (exact) mass is 418 g/mol. The Morgan fingerprint density at radius 1 is 0.733 bits per heavy atom. The van der Waals surface area contributed by atoms with Crippen LogP contribution < -0.4 is 0 Å². The van der Waals surface area contributed by atoms with E-state index < -0.39 is 0 Å². The van der Waals surface area contributed by atoms with Gasteiger partial charge in [-0.2, -0.15) is 0 Å². The molecule has 0 aromatic carbocycles.